The average Bonchev–Trinajstić information content (AvgIpc) is 2.75. The zero-order valence-electron chi connectivity index (χ0n) is 16.2. The molecule has 0 radical (unpaired) electrons. The summed E-state index contributed by atoms with van der Waals surface area (Å²) in [6.07, 6.45) is 4.72. The maximum Gasteiger partial charge on any atom is 0.253 e. The molecule has 0 bridgehead atoms. The molecule has 2 aromatic carbocycles. The fraction of sp³-hybridized carbons (Fsp3) is 0.174. The molecule has 0 saturated heterocycles. The van der Waals surface area contributed by atoms with E-state index in [-0.39, 0.29) is 11.5 Å². The molecule has 0 aliphatic carbocycles. The number of rotatable bonds is 8. The maximum absolute atomic E-state index is 12.3. The Morgan fingerprint density at radius 3 is 2.59 bits per heavy atom. The molecule has 0 atom stereocenters. The van der Waals surface area contributed by atoms with E-state index in [1.807, 2.05) is 61.5 Å². The van der Waals surface area contributed by atoms with E-state index >= 15 is 0 Å². The zero-order chi connectivity index (χ0) is 20.5. The highest BCUT2D eigenvalue weighted by atomic mass is 16.5. The molecule has 29 heavy (non-hydrogen) atoms. The lowest BCUT2D eigenvalue weighted by Crippen LogP contribution is -2.29. The molecule has 0 aliphatic rings. The van der Waals surface area contributed by atoms with E-state index in [9.17, 15) is 9.59 Å². The lowest BCUT2D eigenvalue weighted by Gasteiger charge is -2.08. The van der Waals surface area contributed by atoms with Crippen molar-refractivity contribution in [3.8, 4) is 17.0 Å². The SMILES string of the molecule is CCOc1ccc(-c2cc(=O)n(CCNC(=O)/C=C/c3ccccc3)cn2)cc1. The number of nitrogens with one attached hydrogen (secondary N) is 1. The van der Waals surface area contributed by atoms with E-state index in [0.717, 1.165) is 16.9 Å². The van der Waals surface area contributed by atoms with E-state index in [0.29, 0.717) is 25.4 Å². The van der Waals surface area contributed by atoms with Gasteiger partial charge in [0.2, 0.25) is 5.91 Å². The van der Waals surface area contributed by atoms with Crippen LogP contribution in [0.25, 0.3) is 17.3 Å². The second-order valence-corrected chi connectivity index (χ2v) is 6.30. The quantitative estimate of drug-likeness (QED) is 0.601. The van der Waals surface area contributed by atoms with Crippen molar-refractivity contribution in [2.75, 3.05) is 13.2 Å². The molecule has 0 saturated carbocycles. The summed E-state index contributed by atoms with van der Waals surface area (Å²) in [4.78, 5) is 28.6. The van der Waals surface area contributed by atoms with Gasteiger partial charge in [-0.1, -0.05) is 30.3 Å². The van der Waals surface area contributed by atoms with Crippen LogP contribution in [0.4, 0.5) is 0 Å². The van der Waals surface area contributed by atoms with E-state index in [4.69, 9.17) is 4.74 Å². The Morgan fingerprint density at radius 2 is 1.90 bits per heavy atom. The van der Waals surface area contributed by atoms with Gasteiger partial charge in [0.25, 0.3) is 5.56 Å². The second-order valence-electron chi connectivity index (χ2n) is 6.30. The van der Waals surface area contributed by atoms with Gasteiger partial charge >= 0.3 is 0 Å². The van der Waals surface area contributed by atoms with E-state index in [2.05, 4.69) is 10.3 Å². The number of hydrogen-bond donors (Lipinski definition) is 1. The zero-order valence-corrected chi connectivity index (χ0v) is 16.2. The smallest absolute Gasteiger partial charge is 0.253 e. The fourth-order valence-electron chi connectivity index (χ4n) is 2.73. The summed E-state index contributed by atoms with van der Waals surface area (Å²) in [5.74, 6) is 0.572. The summed E-state index contributed by atoms with van der Waals surface area (Å²) in [6, 6.07) is 18.5. The van der Waals surface area contributed by atoms with Crippen LogP contribution in [0, 0.1) is 0 Å². The fourth-order valence-corrected chi connectivity index (χ4v) is 2.73. The Balaban J connectivity index is 1.54. The third-order valence-corrected chi connectivity index (χ3v) is 4.22. The van der Waals surface area contributed by atoms with Gasteiger partial charge in [0.1, 0.15) is 5.75 Å². The Morgan fingerprint density at radius 1 is 1.14 bits per heavy atom. The molecule has 1 amide bonds. The Labute approximate surface area is 169 Å². The lowest BCUT2D eigenvalue weighted by molar-refractivity contribution is -0.116. The van der Waals surface area contributed by atoms with Gasteiger partial charge in [0.15, 0.2) is 0 Å². The van der Waals surface area contributed by atoms with E-state index < -0.39 is 0 Å². The summed E-state index contributed by atoms with van der Waals surface area (Å²) in [7, 11) is 0. The number of ether oxygens (including phenoxy) is 1. The molecule has 6 heteroatoms. The summed E-state index contributed by atoms with van der Waals surface area (Å²) in [5, 5.41) is 2.77. The number of carbonyl (C=O) groups excluding carboxylic acids is 1. The van der Waals surface area contributed by atoms with Gasteiger partial charge in [-0.05, 0) is 42.8 Å². The molecule has 0 aliphatic heterocycles. The van der Waals surface area contributed by atoms with Gasteiger partial charge in [-0.3, -0.25) is 14.2 Å². The van der Waals surface area contributed by atoms with Crippen molar-refractivity contribution in [3.63, 3.8) is 0 Å². The lowest BCUT2D eigenvalue weighted by atomic mass is 10.1. The highest BCUT2D eigenvalue weighted by molar-refractivity contribution is 5.91. The van der Waals surface area contributed by atoms with Crippen LogP contribution in [-0.2, 0) is 11.3 Å². The Kier molecular flexibility index (Phi) is 6.95. The minimum atomic E-state index is -0.208. The first kappa shape index (κ1) is 20.1. The predicted molar refractivity (Wildman–Crippen MR) is 114 cm³/mol. The minimum absolute atomic E-state index is 0.169. The van der Waals surface area contributed by atoms with Gasteiger partial charge in [0, 0.05) is 30.8 Å². The molecule has 148 valence electrons. The third kappa shape index (κ3) is 5.90. The highest BCUT2D eigenvalue weighted by Crippen LogP contribution is 2.19. The molecular weight excluding hydrogens is 366 g/mol. The first-order chi connectivity index (χ1) is 14.2. The van der Waals surface area contributed by atoms with Crippen molar-refractivity contribution < 1.29 is 9.53 Å². The minimum Gasteiger partial charge on any atom is -0.494 e. The van der Waals surface area contributed by atoms with Crippen molar-refractivity contribution in [2.24, 2.45) is 0 Å². The van der Waals surface area contributed by atoms with Gasteiger partial charge in [-0.25, -0.2) is 4.98 Å². The number of hydrogen-bond acceptors (Lipinski definition) is 4. The summed E-state index contributed by atoms with van der Waals surface area (Å²) < 4.78 is 6.89. The van der Waals surface area contributed by atoms with Crippen LogP contribution in [0.15, 0.2) is 77.9 Å². The van der Waals surface area contributed by atoms with Gasteiger partial charge in [0.05, 0.1) is 18.6 Å². The standard InChI is InChI=1S/C23H23N3O3/c1-2-29-20-11-9-19(10-12-20)21-16-23(28)26(17-25-21)15-14-24-22(27)13-8-18-6-4-3-5-7-18/h3-13,16-17H,2,14-15H2,1H3,(H,24,27)/b13-8+. The molecule has 3 rings (SSSR count). The van der Waals surface area contributed by atoms with Crippen LogP contribution < -0.4 is 15.6 Å². The van der Waals surface area contributed by atoms with Crippen molar-refractivity contribution in [2.45, 2.75) is 13.5 Å². The van der Waals surface area contributed by atoms with Crippen LogP contribution in [0.3, 0.4) is 0 Å². The van der Waals surface area contributed by atoms with E-state index in [1.54, 1.807) is 6.08 Å². The number of carbonyl (C=O) groups is 1. The molecular formula is C23H23N3O3. The Bertz CT molecular complexity index is 1030. The van der Waals surface area contributed by atoms with Gasteiger partial charge in [-0.2, -0.15) is 0 Å². The van der Waals surface area contributed by atoms with Crippen LogP contribution in [0.5, 0.6) is 5.75 Å². The number of benzene rings is 2. The van der Waals surface area contributed by atoms with E-state index in [1.165, 1.54) is 23.0 Å². The molecule has 0 spiro atoms. The summed E-state index contributed by atoms with van der Waals surface area (Å²) in [6.45, 7) is 3.21. The topological polar surface area (TPSA) is 73.2 Å². The normalized spacial score (nSPS) is 10.8. The number of nitrogens with zero attached hydrogens (tertiary/aromatic N) is 2. The van der Waals surface area contributed by atoms with Crippen LogP contribution >= 0.6 is 0 Å². The first-order valence-corrected chi connectivity index (χ1v) is 9.46. The Hall–Kier alpha value is -3.67. The number of amides is 1. The van der Waals surface area contributed by atoms with Crippen molar-refractivity contribution >= 4 is 12.0 Å². The van der Waals surface area contributed by atoms with Crippen molar-refractivity contribution in [1.29, 1.82) is 0 Å². The van der Waals surface area contributed by atoms with Crippen LogP contribution in [-0.4, -0.2) is 28.6 Å². The number of aromatic nitrogens is 2. The van der Waals surface area contributed by atoms with Crippen LogP contribution in [0.2, 0.25) is 0 Å². The highest BCUT2D eigenvalue weighted by Gasteiger charge is 2.04. The maximum atomic E-state index is 12.3. The van der Waals surface area contributed by atoms with Gasteiger partial charge in [-0.15, -0.1) is 0 Å². The molecule has 6 nitrogen and oxygen atoms in total. The molecule has 1 N–H and O–H groups in total. The predicted octanol–water partition coefficient (Wildman–Crippen LogP) is 3.14. The van der Waals surface area contributed by atoms with Gasteiger partial charge < -0.3 is 10.1 Å². The molecule has 0 fully saturated rings. The van der Waals surface area contributed by atoms with Crippen molar-refractivity contribution in [1.82, 2.24) is 14.9 Å². The molecule has 3 aromatic rings. The van der Waals surface area contributed by atoms with Crippen molar-refractivity contribution in [3.05, 3.63) is 89.0 Å². The molecule has 0 unspecified atom stereocenters. The first-order valence-electron chi connectivity index (χ1n) is 9.46. The van der Waals surface area contributed by atoms with Crippen LogP contribution in [0.1, 0.15) is 12.5 Å². The largest absolute Gasteiger partial charge is 0.494 e. The summed E-state index contributed by atoms with van der Waals surface area (Å²) >= 11 is 0. The third-order valence-electron chi connectivity index (χ3n) is 4.22. The molecule has 1 heterocycles. The molecule has 1 aromatic heterocycles. The second kappa shape index (κ2) is 10.0. The monoisotopic (exact) mass is 389 g/mol. The summed E-state index contributed by atoms with van der Waals surface area (Å²) in [5.41, 5.74) is 2.23. The average molecular weight is 389 g/mol.